The first-order chi connectivity index (χ1) is 8.74. The molecule has 1 aromatic carbocycles. The van der Waals surface area contributed by atoms with Crippen molar-refractivity contribution in [3.05, 3.63) is 47.9 Å². The molecule has 0 amide bonds. The van der Waals surface area contributed by atoms with Crippen LogP contribution < -0.4 is 0 Å². The third-order valence-corrected chi connectivity index (χ3v) is 3.30. The Bertz CT molecular complexity index is 661. The van der Waals surface area contributed by atoms with Gasteiger partial charge in [0.05, 0.1) is 5.52 Å². The lowest BCUT2D eigenvalue weighted by atomic mass is 9.91. The number of halogens is 1. The molecule has 90 valence electrons. The van der Waals surface area contributed by atoms with Gasteiger partial charge in [-0.1, -0.05) is 6.08 Å². The fourth-order valence-electron chi connectivity index (χ4n) is 2.36. The van der Waals surface area contributed by atoms with Gasteiger partial charge in [-0.15, -0.1) is 0 Å². The first-order valence-electron chi connectivity index (χ1n) is 5.99. The van der Waals surface area contributed by atoms with E-state index in [1.165, 1.54) is 12.1 Å². The van der Waals surface area contributed by atoms with Crippen LogP contribution >= 0.6 is 0 Å². The van der Waals surface area contributed by atoms with Gasteiger partial charge in [0.25, 0.3) is 0 Å². The lowest BCUT2D eigenvalue weighted by Gasteiger charge is -2.14. The van der Waals surface area contributed by atoms with Gasteiger partial charge in [-0.05, 0) is 41.8 Å². The largest absolute Gasteiger partial charge is 0.299 e. The van der Waals surface area contributed by atoms with Crippen molar-refractivity contribution in [2.45, 2.75) is 19.3 Å². The predicted octanol–water partition coefficient (Wildman–Crippen LogP) is 3.51. The van der Waals surface area contributed by atoms with Crippen LogP contribution in [0.25, 0.3) is 16.5 Å². The van der Waals surface area contributed by atoms with Gasteiger partial charge in [0, 0.05) is 24.4 Å². The second kappa shape index (κ2) is 4.33. The fraction of sp³-hybridized carbons (Fsp3) is 0.200. The number of Topliss-reactive ketones (excluding diaryl/α,β-unsaturated/α-hetero) is 1. The van der Waals surface area contributed by atoms with E-state index >= 15 is 0 Å². The minimum atomic E-state index is -0.260. The molecule has 3 heteroatoms. The van der Waals surface area contributed by atoms with Gasteiger partial charge < -0.3 is 0 Å². The number of aromatic nitrogens is 1. The zero-order valence-corrected chi connectivity index (χ0v) is 9.82. The quantitative estimate of drug-likeness (QED) is 0.764. The molecule has 1 heterocycles. The summed E-state index contributed by atoms with van der Waals surface area (Å²) in [5.41, 5.74) is 2.89. The summed E-state index contributed by atoms with van der Waals surface area (Å²) in [6.07, 6.45) is 5.46. The Labute approximate surface area is 104 Å². The number of carbonyl (C=O) groups excluding carboxylic acids is 1. The van der Waals surface area contributed by atoms with Crippen LogP contribution in [0.1, 0.15) is 24.8 Å². The summed E-state index contributed by atoms with van der Waals surface area (Å²) < 4.78 is 13.3. The summed E-state index contributed by atoms with van der Waals surface area (Å²) in [7, 11) is 0. The summed E-state index contributed by atoms with van der Waals surface area (Å²) in [5.74, 6) is 0.00697. The number of allylic oxidation sites excluding steroid dienone is 2. The average Bonchev–Trinajstić information content (AvgIpc) is 2.39. The van der Waals surface area contributed by atoms with Crippen molar-refractivity contribution in [1.29, 1.82) is 0 Å². The number of pyridine rings is 1. The minimum Gasteiger partial charge on any atom is -0.299 e. The van der Waals surface area contributed by atoms with Gasteiger partial charge in [0.15, 0.2) is 0 Å². The van der Waals surface area contributed by atoms with Crippen molar-refractivity contribution >= 4 is 22.3 Å². The zero-order valence-electron chi connectivity index (χ0n) is 9.82. The monoisotopic (exact) mass is 241 g/mol. The molecule has 0 fully saturated rings. The Morgan fingerprint density at radius 1 is 1.17 bits per heavy atom. The van der Waals surface area contributed by atoms with Crippen molar-refractivity contribution in [3.8, 4) is 0 Å². The smallest absolute Gasteiger partial charge is 0.137 e. The van der Waals surface area contributed by atoms with Gasteiger partial charge in [0.1, 0.15) is 11.6 Å². The highest BCUT2D eigenvalue weighted by Gasteiger charge is 2.14. The van der Waals surface area contributed by atoms with E-state index < -0.39 is 0 Å². The molecule has 0 saturated carbocycles. The fourth-order valence-corrected chi connectivity index (χ4v) is 2.36. The number of ketones is 1. The van der Waals surface area contributed by atoms with Gasteiger partial charge in [-0.3, -0.25) is 9.78 Å². The van der Waals surface area contributed by atoms with E-state index in [1.807, 2.05) is 12.1 Å². The Kier molecular flexibility index (Phi) is 2.67. The molecule has 1 aliphatic carbocycles. The molecule has 0 aliphatic heterocycles. The van der Waals surface area contributed by atoms with Crippen LogP contribution in [-0.2, 0) is 4.79 Å². The molecule has 0 radical (unpaired) electrons. The molecule has 0 unspecified atom stereocenters. The Morgan fingerprint density at radius 2 is 2.06 bits per heavy atom. The maximum absolute atomic E-state index is 13.3. The molecule has 3 rings (SSSR count). The van der Waals surface area contributed by atoms with Crippen LogP contribution in [-0.4, -0.2) is 10.8 Å². The summed E-state index contributed by atoms with van der Waals surface area (Å²) in [6, 6.07) is 6.50. The SMILES string of the molecule is O=C1CC=C(c2ccnc3ccc(F)cc23)CC1. The molecule has 18 heavy (non-hydrogen) atoms. The molecule has 0 spiro atoms. The Hall–Kier alpha value is -2.03. The van der Waals surface area contributed by atoms with E-state index in [9.17, 15) is 9.18 Å². The lowest BCUT2D eigenvalue weighted by Crippen LogP contribution is -2.03. The normalized spacial score (nSPS) is 15.8. The molecular formula is C15H12FNO. The van der Waals surface area contributed by atoms with Crippen molar-refractivity contribution in [2.75, 3.05) is 0 Å². The van der Waals surface area contributed by atoms with E-state index in [-0.39, 0.29) is 11.6 Å². The predicted molar refractivity (Wildman–Crippen MR) is 68.5 cm³/mol. The molecule has 1 aliphatic rings. The van der Waals surface area contributed by atoms with E-state index in [0.717, 1.165) is 28.5 Å². The van der Waals surface area contributed by atoms with Crippen molar-refractivity contribution in [3.63, 3.8) is 0 Å². The lowest BCUT2D eigenvalue weighted by molar-refractivity contribution is -0.118. The van der Waals surface area contributed by atoms with Crippen LogP contribution in [0, 0.1) is 5.82 Å². The summed E-state index contributed by atoms with van der Waals surface area (Å²) in [4.78, 5) is 15.5. The third kappa shape index (κ3) is 1.92. The first-order valence-corrected chi connectivity index (χ1v) is 5.99. The van der Waals surface area contributed by atoms with Crippen molar-refractivity contribution < 1.29 is 9.18 Å². The van der Waals surface area contributed by atoms with E-state index in [0.29, 0.717) is 12.8 Å². The number of benzene rings is 1. The van der Waals surface area contributed by atoms with Gasteiger partial charge in [-0.25, -0.2) is 4.39 Å². The Morgan fingerprint density at radius 3 is 2.83 bits per heavy atom. The van der Waals surface area contributed by atoms with E-state index in [2.05, 4.69) is 4.98 Å². The van der Waals surface area contributed by atoms with Crippen molar-refractivity contribution in [1.82, 2.24) is 4.98 Å². The number of hydrogen-bond donors (Lipinski definition) is 0. The maximum Gasteiger partial charge on any atom is 0.137 e. The van der Waals surface area contributed by atoms with Crippen LogP contribution in [0.5, 0.6) is 0 Å². The number of fused-ring (bicyclic) bond motifs is 1. The number of rotatable bonds is 1. The highest BCUT2D eigenvalue weighted by atomic mass is 19.1. The molecule has 2 aromatic rings. The van der Waals surface area contributed by atoms with E-state index in [1.54, 1.807) is 12.3 Å². The molecule has 2 nitrogen and oxygen atoms in total. The van der Waals surface area contributed by atoms with Crippen LogP contribution in [0.15, 0.2) is 36.5 Å². The average molecular weight is 241 g/mol. The summed E-state index contributed by atoms with van der Waals surface area (Å²) >= 11 is 0. The molecule has 0 saturated heterocycles. The highest BCUT2D eigenvalue weighted by molar-refractivity contribution is 5.95. The first kappa shape index (κ1) is 11.1. The van der Waals surface area contributed by atoms with E-state index in [4.69, 9.17) is 0 Å². The minimum absolute atomic E-state index is 0.260. The molecule has 1 aromatic heterocycles. The summed E-state index contributed by atoms with van der Waals surface area (Å²) in [6.45, 7) is 0. The summed E-state index contributed by atoms with van der Waals surface area (Å²) in [5, 5.41) is 0.818. The van der Waals surface area contributed by atoms with Gasteiger partial charge in [-0.2, -0.15) is 0 Å². The molecule has 0 atom stereocenters. The second-order valence-electron chi connectivity index (χ2n) is 4.49. The van der Waals surface area contributed by atoms with Gasteiger partial charge in [0.2, 0.25) is 0 Å². The van der Waals surface area contributed by atoms with Crippen molar-refractivity contribution in [2.24, 2.45) is 0 Å². The second-order valence-corrected chi connectivity index (χ2v) is 4.49. The highest BCUT2D eigenvalue weighted by Crippen LogP contribution is 2.30. The standard InChI is InChI=1S/C15H12FNO/c16-11-3-6-15-14(9-11)13(7-8-17-15)10-1-4-12(18)5-2-10/h1,3,6-9H,2,4-5H2. The molecule has 0 N–H and O–H groups in total. The molecular weight excluding hydrogens is 229 g/mol. The number of carbonyl (C=O) groups is 1. The number of hydrogen-bond acceptors (Lipinski definition) is 2. The van der Waals surface area contributed by atoms with Gasteiger partial charge >= 0.3 is 0 Å². The van der Waals surface area contributed by atoms with Crippen LogP contribution in [0.4, 0.5) is 4.39 Å². The van der Waals surface area contributed by atoms with Crippen LogP contribution in [0.2, 0.25) is 0 Å². The maximum atomic E-state index is 13.3. The Balaban J connectivity index is 2.17. The zero-order chi connectivity index (χ0) is 12.5. The number of nitrogens with zero attached hydrogens (tertiary/aromatic N) is 1. The topological polar surface area (TPSA) is 30.0 Å². The third-order valence-electron chi connectivity index (χ3n) is 3.30. The van der Waals surface area contributed by atoms with Crippen LogP contribution in [0.3, 0.4) is 0 Å². The molecule has 0 bridgehead atoms.